The predicted octanol–water partition coefficient (Wildman–Crippen LogP) is 18.2. The number of amides is 1. The molecule has 0 aliphatic rings. The van der Waals surface area contributed by atoms with Crippen molar-refractivity contribution in [3.05, 3.63) is 12.2 Å². The van der Waals surface area contributed by atoms with Gasteiger partial charge in [-0.05, 0) is 19.3 Å². The molecule has 0 rings (SSSR count). The van der Waals surface area contributed by atoms with Crippen LogP contribution < -0.4 is 5.32 Å². The first kappa shape index (κ1) is 67.2. The number of rotatable bonds is 56. The lowest BCUT2D eigenvalue weighted by atomic mass is 10.0. The smallest absolute Gasteiger partial charge is 0.387 e. The van der Waals surface area contributed by atoms with Gasteiger partial charge in [0.15, 0.2) is 0 Å². The number of aliphatic hydroxyl groups is 1. The van der Waals surface area contributed by atoms with Gasteiger partial charge in [0.2, 0.25) is 5.91 Å². The zero-order valence-corrected chi connectivity index (χ0v) is 47.3. The third kappa shape index (κ3) is 53.0. The standard InChI is InChI=1S/C59H119N2O6P/c1-6-8-10-12-14-16-18-20-22-24-26-27-28-29-30-31-32-33-34-35-36-38-40-42-44-46-48-50-52-58(62)57(56-67-68(64,65)66-55-54-61(3,4)5)60-59(63)53-51-49-47-45-43-41-39-37-25-23-21-19-17-15-13-11-9-7-2/h50,52,57-58,62H,6-49,51,53-56H2,1-5H3,(H-,60,63,64,65)/p+1/b52-50+. The van der Waals surface area contributed by atoms with E-state index in [1.807, 2.05) is 27.2 Å². The van der Waals surface area contributed by atoms with E-state index < -0.39 is 20.0 Å². The summed E-state index contributed by atoms with van der Waals surface area (Å²) in [5.74, 6) is -0.170. The van der Waals surface area contributed by atoms with Crippen LogP contribution in [0, 0.1) is 0 Å². The SMILES string of the molecule is CCCCCCCCCCCCCCCCCCCCCCCCCCCC/C=C/C(O)C(COP(=O)(O)OCC[N+](C)(C)C)NC(=O)CCCCCCCCCCCCCCCCCCCC. The molecule has 3 unspecified atom stereocenters. The van der Waals surface area contributed by atoms with Crippen LogP contribution in [-0.2, 0) is 18.4 Å². The number of phosphoric ester groups is 1. The van der Waals surface area contributed by atoms with Crippen LogP contribution in [0.15, 0.2) is 12.2 Å². The van der Waals surface area contributed by atoms with E-state index in [0.29, 0.717) is 17.4 Å². The van der Waals surface area contributed by atoms with Crippen molar-refractivity contribution in [3.8, 4) is 0 Å². The number of hydrogen-bond donors (Lipinski definition) is 3. The molecule has 3 N–H and O–H groups in total. The van der Waals surface area contributed by atoms with Gasteiger partial charge in [-0.1, -0.05) is 296 Å². The number of hydrogen-bond acceptors (Lipinski definition) is 5. The number of carbonyl (C=O) groups is 1. The minimum Gasteiger partial charge on any atom is -0.387 e. The summed E-state index contributed by atoms with van der Waals surface area (Å²) in [6.07, 6.45) is 63.2. The van der Waals surface area contributed by atoms with Gasteiger partial charge in [-0.2, -0.15) is 0 Å². The van der Waals surface area contributed by atoms with Crippen molar-refractivity contribution < 1.29 is 32.9 Å². The molecule has 0 aliphatic heterocycles. The normalized spacial score (nSPS) is 13.9. The number of nitrogens with zero attached hydrogens (tertiary/aromatic N) is 1. The fraction of sp³-hybridized carbons (Fsp3) is 0.949. The maximum absolute atomic E-state index is 13.0. The van der Waals surface area contributed by atoms with E-state index in [1.54, 1.807) is 6.08 Å². The maximum Gasteiger partial charge on any atom is 0.472 e. The van der Waals surface area contributed by atoms with Crippen LogP contribution in [-0.4, -0.2) is 73.4 Å². The summed E-state index contributed by atoms with van der Waals surface area (Å²) in [6, 6.07) is -0.842. The van der Waals surface area contributed by atoms with Crippen LogP contribution >= 0.6 is 7.82 Å². The van der Waals surface area contributed by atoms with Gasteiger partial charge in [0, 0.05) is 6.42 Å². The van der Waals surface area contributed by atoms with Gasteiger partial charge < -0.3 is 19.8 Å². The lowest BCUT2D eigenvalue weighted by molar-refractivity contribution is -0.870. The number of unbranched alkanes of at least 4 members (excludes halogenated alkanes) is 43. The molecule has 0 fully saturated rings. The Bertz CT molecular complexity index is 1120. The highest BCUT2D eigenvalue weighted by Gasteiger charge is 2.27. The summed E-state index contributed by atoms with van der Waals surface area (Å²) in [7, 11) is 1.59. The number of carbonyl (C=O) groups excluding carboxylic acids is 1. The number of likely N-dealkylation sites (N-methyl/N-ethyl adjacent to an activating group) is 1. The summed E-state index contributed by atoms with van der Waals surface area (Å²) < 4.78 is 23.7. The molecule has 0 aliphatic carbocycles. The molecular formula is C59H120N2O6P+. The summed E-state index contributed by atoms with van der Waals surface area (Å²) in [4.78, 5) is 23.3. The van der Waals surface area contributed by atoms with Gasteiger partial charge in [0.05, 0.1) is 39.9 Å². The molecule has 9 heteroatoms. The second-order valence-corrected chi connectivity index (χ2v) is 23.5. The van der Waals surface area contributed by atoms with Crippen molar-refractivity contribution in [2.75, 3.05) is 40.9 Å². The predicted molar refractivity (Wildman–Crippen MR) is 295 cm³/mol. The lowest BCUT2D eigenvalue weighted by Gasteiger charge is -2.25. The van der Waals surface area contributed by atoms with Gasteiger partial charge in [-0.25, -0.2) is 4.57 Å². The Hall–Kier alpha value is -0.760. The molecule has 0 aromatic carbocycles. The summed E-state index contributed by atoms with van der Waals surface area (Å²) in [6.45, 7) is 4.87. The Morgan fingerprint density at radius 2 is 0.779 bits per heavy atom. The Labute approximate surface area is 424 Å². The van der Waals surface area contributed by atoms with Crippen LogP contribution in [0.2, 0.25) is 0 Å². The molecule has 0 spiro atoms. The third-order valence-corrected chi connectivity index (χ3v) is 15.0. The molecule has 0 aromatic heterocycles. The van der Waals surface area contributed by atoms with Gasteiger partial charge in [-0.15, -0.1) is 0 Å². The largest absolute Gasteiger partial charge is 0.472 e. The van der Waals surface area contributed by atoms with Crippen LogP contribution in [0.1, 0.15) is 309 Å². The zero-order chi connectivity index (χ0) is 49.9. The molecule has 0 saturated heterocycles. The second-order valence-electron chi connectivity index (χ2n) is 22.1. The summed E-state index contributed by atoms with van der Waals surface area (Å²) in [5, 5.41) is 14.0. The number of nitrogens with one attached hydrogen (secondary N) is 1. The van der Waals surface area contributed by atoms with Crippen molar-refractivity contribution in [2.45, 2.75) is 321 Å². The van der Waals surface area contributed by atoms with Crippen LogP contribution in [0.4, 0.5) is 0 Å². The van der Waals surface area contributed by atoms with E-state index >= 15 is 0 Å². The molecule has 8 nitrogen and oxygen atoms in total. The molecule has 0 aromatic rings. The summed E-state index contributed by atoms with van der Waals surface area (Å²) >= 11 is 0. The molecule has 3 atom stereocenters. The first-order valence-electron chi connectivity index (χ1n) is 30.1. The lowest BCUT2D eigenvalue weighted by Crippen LogP contribution is -2.45. The fourth-order valence-corrected chi connectivity index (χ4v) is 10.0. The van der Waals surface area contributed by atoms with Gasteiger partial charge in [0.25, 0.3) is 0 Å². The van der Waals surface area contributed by atoms with E-state index in [2.05, 4.69) is 19.2 Å². The highest BCUT2D eigenvalue weighted by Crippen LogP contribution is 2.43. The van der Waals surface area contributed by atoms with Crippen molar-refractivity contribution in [1.82, 2.24) is 5.32 Å². The second kappa shape index (κ2) is 51.2. The Kier molecular flexibility index (Phi) is 50.6. The first-order valence-corrected chi connectivity index (χ1v) is 31.6. The molecule has 0 bridgehead atoms. The Morgan fingerprint density at radius 3 is 1.09 bits per heavy atom. The first-order chi connectivity index (χ1) is 33.0. The van der Waals surface area contributed by atoms with E-state index in [9.17, 15) is 19.4 Å². The number of aliphatic hydroxyl groups excluding tert-OH is 1. The topological polar surface area (TPSA) is 105 Å². The van der Waals surface area contributed by atoms with E-state index in [-0.39, 0.29) is 19.1 Å². The molecule has 68 heavy (non-hydrogen) atoms. The van der Waals surface area contributed by atoms with E-state index in [1.165, 1.54) is 257 Å². The molecule has 406 valence electrons. The quantitative estimate of drug-likeness (QED) is 0.0243. The molecular weight excluding hydrogens is 864 g/mol. The molecule has 0 radical (unpaired) electrons. The minimum atomic E-state index is -4.34. The van der Waals surface area contributed by atoms with Crippen molar-refractivity contribution >= 4 is 13.7 Å². The third-order valence-electron chi connectivity index (χ3n) is 14.0. The van der Waals surface area contributed by atoms with Crippen LogP contribution in [0.3, 0.4) is 0 Å². The molecule has 1 amide bonds. The monoisotopic (exact) mass is 984 g/mol. The average Bonchev–Trinajstić information content (AvgIpc) is 3.30. The average molecular weight is 985 g/mol. The minimum absolute atomic E-state index is 0.0652. The van der Waals surface area contributed by atoms with Crippen LogP contribution in [0.5, 0.6) is 0 Å². The van der Waals surface area contributed by atoms with E-state index in [0.717, 1.165) is 32.1 Å². The van der Waals surface area contributed by atoms with Gasteiger partial charge in [0.1, 0.15) is 13.2 Å². The van der Waals surface area contributed by atoms with Crippen LogP contribution in [0.25, 0.3) is 0 Å². The van der Waals surface area contributed by atoms with Gasteiger partial charge >= 0.3 is 7.82 Å². The van der Waals surface area contributed by atoms with Crippen molar-refractivity contribution in [2.24, 2.45) is 0 Å². The number of phosphoric acid groups is 1. The highest BCUT2D eigenvalue weighted by molar-refractivity contribution is 7.47. The molecule has 0 saturated carbocycles. The number of quaternary nitrogens is 1. The fourth-order valence-electron chi connectivity index (χ4n) is 9.28. The Balaban J connectivity index is 4.12. The maximum atomic E-state index is 13.0. The van der Waals surface area contributed by atoms with Gasteiger partial charge in [-0.3, -0.25) is 13.8 Å². The van der Waals surface area contributed by atoms with Crippen molar-refractivity contribution in [1.29, 1.82) is 0 Å². The molecule has 0 heterocycles. The zero-order valence-electron chi connectivity index (χ0n) is 46.4. The Morgan fingerprint density at radius 1 is 0.485 bits per heavy atom. The van der Waals surface area contributed by atoms with E-state index in [4.69, 9.17) is 9.05 Å². The van der Waals surface area contributed by atoms with Crippen molar-refractivity contribution in [3.63, 3.8) is 0 Å². The summed E-state index contributed by atoms with van der Waals surface area (Å²) in [5.41, 5.74) is 0. The number of allylic oxidation sites excluding steroid dienone is 1. The highest BCUT2D eigenvalue weighted by atomic mass is 31.2.